The van der Waals surface area contributed by atoms with E-state index in [1.807, 2.05) is 29.6 Å². The van der Waals surface area contributed by atoms with E-state index in [1.54, 1.807) is 23.1 Å². The zero-order chi connectivity index (χ0) is 13.9. The van der Waals surface area contributed by atoms with Gasteiger partial charge in [-0.2, -0.15) is 0 Å². The molecule has 0 fully saturated rings. The third-order valence-corrected chi connectivity index (χ3v) is 5.89. The maximum Gasteiger partial charge on any atom is 0.348 e. The number of thioether (sulfide) groups is 1. The Kier molecular flexibility index (Phi) is 4.05. The van der Waals surface area contributed by atoms with Crippen molar-refractivity contribution < 1.29 is 9.53 Å². The Labute approximate surface area is 128 Å². The van der Waals surface area contributed by atoms with Gasteiger partial charge in [-0.05, 0) is 29.1 Å². The number of carbonyl (C=O) groups excluding carboxylic acids is 1. The number of ether oxygens (including phenoxy) is 1. The Morgan fingerprint density at radius 3 is 3.05 bits per heavy atom. The van der Waals surface area contributed by atoms with Crippen LogP contribution in [-0.2, 0) is 10.5 Å². The number of hydrogen-bond acceptors (Lipinski definition) is 6. The van der Waals surface area contributed by atoms with Crippen LogP contribution < -0.4 is 0 Å². The number of esters is 1. The first kappa shape index (κ1) is 13.6. The Hall–Kier alpha value is -1.37. The summed E-state index contributed by atoms with van der Waals surface area (Å²) < 4.78 is 6.96. The van der Waals surface area contributed by atoms with E-state index >= 15 is 0 Å². The van der Waals surface area contributed by atoms with Crippen LogP contribution in [0.2, 0.25) is 0 Å². The molecular formula is C14H11NO2S3. The number of methoxy groups -OCH3 is 1. The molecule has 1 aromatic carbocycles. The Morgan fingerprint density at radius 1 is 1.40 bits per heavy atom. The molecule has 102 valence electrons. The van der Waals surface area contributed by atoms with Crippen LogP contribution in [0, 0.1) is 0 Å². The van der Waals surface area contributed by atoms with Crippen LogP contribution in [0.5, 0.6) is 0 Å². The van der Waals surface area contributed by atoms with Gasteiger partial charge in [0.15, 0.2) is 4.34 Å². The Balaban J connectivity index is 1.69. The molecule has 0 aliphatic carbocycles. The summed E-state index contributed by atoms with van der Waals surface area (Å²) in [5.41, 5.74) is 2.17. The molecule has 0 saturated heterocycles. The van der Waals surface area contributed by atoms with Crippen molar-refractivity contribution in [2.24, 2.45) is 0 Å². The lowest BCUT2D eigenvalue weighted by molar-refractivity contribution is 0.0606. The summed E-state index contributed by atoms with van der Waals surface area (Å²) >= 11 is 4.81. The molecule has 0 amide bonds. The normalized spacial score (nSPS) is 10.8. The minimum Gasteiger partial charge on any atom is -0.465 e. The highest BCUT2D eigenvalue weighted by Crippen LogP contribution is 2.32. The fourth-order valence-corrected chi connectivity index (χ4v) is 4.65. The molecule has 2 aromatic heterocycles. The van der Waals surface area contributed by atoms with Crippen LogP contribution in [0.1, 0.15) is 15.2 Å². The number of benzene rings is 1. The van der Waals surface area contributed by atoms with Crippen LogP contribution >= 0.6 is 34.4 Å². The average Bonchev–Trinajstić information content (AvgIpc) is 3.10. The Bertz CT molecular complexity index is 715. The molecule has 0 aliphatic rings. The predicted molar refractivity (Wildman–Crippen MR) is 84.8 cm³/mol. The van der Waals surface area contributed by atoms with E-state index in [1.165, 1.54) is 23.1 Å². The molecule has 0 spiro atoms. The molecule has 2 heterocycles. The highest BCUT2D eigenvalue weighted by Gasteiger charge is 2.10. The summed E-state index contributed by atoms with van der Waals surface area (Å²) in [6.07, 6.45) is 0. The van der Waals surface area contributed by atoms with Gasteiger partial charge in [0.2, 0.25) is 0 Å². The third kappa shape index (κ3) is 2.87. The van der Waals surface area contributed by atoms with Gasteiger partial charge in [0.05, 0.1) is 17.3 Å². The van der Waals surface area contributed by atoms with Crippen LogP contribution in [0.25, 0.3) is 10.2 Å². The van der Waals surface area contributed by atoms with Gasteiger partial charge in [-0.25, -0.2) is 9.78 Å². The molecule has 0 N–H and O–H groups in total. The molecule has 3 rings (SSSR count). The maximum atomic E-state index is 11.4. The smallest absolute Gasteiger partial charge is 0.348 e. The zero-order valence-electron chi connectivity index (χ0n) is 10.7. The van der Waals surface area contributed by atoms with Crippen LogP contribution in [0.3, 0.4) is 0 Å². The number of rotatable bonds is 4. The van der Waals surface area contributed by atoms with Gasteiger partial charge in [-0.3, -0.25) is 0 Å². The standard InChI is InChI=1S/C14H11NO2S3/c1-17-13(16)12-6-9(7-18-12)8-19-14-15-10-4-2-3-5-11(10)20-14/h2-7H,8H2,1H3. The van der Waals surface area contributed by atoms with Crippen molar-refractivity contribution in [2.45, 2.75) is 10.1 Å². The molecule has 0 unspecified atom stereocenters. The zero-order valence-corrected chi connectivity index (χ0v) is 13.1. The van der Waals surface area contributed by atoms with Gasteiger partial charge < -0.3 is 4.74 Å². The van der Waals surface area contributed by atoms with E-state index in [9.17, 15) is 4.79 Å². The van der Waals surface area contributed by atoms with Crippen molar-refractivity contribution in [1.29, 1.82) is 0 Å². The highest BCUT2D eigenvalue weighted by molar-refractivity contribution is 8.00. The molecule has 0 bridgehead atoms. The van der Waals surface area contributed by atoms with Crippen LogP contribution in [0.4, 0.5) is 0 Å². The molecule has 20 heavy (non-hydrogen) atoms. The third-order valence-electron chi connectivity index (χ3n) is 2.68. The number of fused-ring (bicyclic) bond motifs is 1. The van der Waals surface area contributed by atoms with Gasteiger partial charge >= 0.3 is 5.97 Å². The second-order valence-corrected chi connectivity index (χ2v) is 7.21. The van der Waals surface area contributed by atoms with Gasteiger partial charge in [-0.15, -0.1) is 22.7 Å². The summed E-state index contributed by atoms with van der Waals surface area (Å²) in [6.45, 7) is 0. The van der Waals surface area contributed by atoms with Crippen LogP contribution in [-0.4, -0.2) is 18.1 Å². The predicted octanol–water partition coefficient (Wildman–Crippen LogP) is 4.44. The number of thiophene rings is 1. The summed E-state index contributed by atoms with van der Waals surface area (Å²) in [6, 6.07) is 10.0. The fraction of sp³-hybridized carbons (Fsp3) is 0.143. The molecular weight excluding hydrogens is 310 g/mol. The average molecular weight is 321 g/mol. The minimum absolute atomic E-state index is 0.272. The van der Waals surface area contributed by atoms with E-state index in [4.69, 9.17) is 4.74 Å². The lowest BCUT2D eigenvalue weighted by Gasteiger charge is -1.94. The van der Waals surface area contributed by atoms with Gasteiger partial charge in [0, 0.05) is 5.75 Å². The number of nitrogens with zero attached hydrogens (tertiary/aromatic N) is 1. The monoisotopic (exact) mass is 321 g/mol. The summed E-state index contributed by atoms with van der Waals surface area (Å²) in [5.74, 6) is 0.541. The lowest BCUT2D eigenvalue weighted by Crippen LogP contribution is -1.96. The summed E-state index contributed by atoms with van der Waals surface area (Å²) in [5, 5.41) is 1.99. The molecule has 0 atom stereocenters. The molecule has 0 radical (unpaired) electrons. The molecule has 6 heteroatoms. The summed E-state index contributed by atoms with van der Waals surface area (Å²) in [7, 11) is 1.40. The van der Waals surface area contributed by atoms with Crippen molar-refractivity contribution in [3.05, 3.63) is 46.2 Å². The summed E-state index contributed by atoms with van der Waals surface area (Å²) in [4.78, 5) is 16.6. The first-order chi connectivity index (χ1) is 9.76. The highest BCUT2D eigenvalue weighted by atomic mass is 32.2. The second kappa shape index (κ2) is 5.95. The van der Waals surface area contributed by atoms with E-state index in [0.717, 1.165) is 21.2 Å². The molecule has 3 aromatic rings. The van der Waals surface area contributed by atoms with E-state index in [-0.39, 0.29) is 5.97 Å². The van der Waals surface area contributed by atoms with Crippen molar-refractivity contribution in [1.82, 2.24) is 4.98 Å². The Morgan fingerprint density at radius 2 is 2.25 bits per heavy atom. The maximum absolute atomic E-state index is 11.4. The van der Waals surface area contributed by atoms with Crippen LogP contribution in [0.15, 0.2) is 40.1 Å². The molecule has 0 saturated carbocycles. The van der Waals surface area contributed by atoms with Crippen molar-refractivity contribution in [2.75, 3.05) is 7.11 Å². The second-order valence-electron chi connectivity index (χ2n) is 4.05. The number of thiazole rings is 1. The largest absolute Gasteiger partial charge is 0.465 e. The quantitative estimate of drug-likeness (QED) is 0.526. The number of para-hydroxylation sites is 1. The number of hydrogen-bond donors (Lipinski definition) is 0. The lowest BCUT2D eigenvalue weighted by atomic mass is 10.3. The van der Waals surface area contributed by atoms with Gasteiger partial charge in [0.25, 0.3) is 0 Å². The molecule has 3 nitrogen and oxygen atoms in total. The van der Waals surface area contributed by atoms with Crippen molar-refractivity contribution in [3.8, 4) is 0 Å². The van der Waals surface area contributed by atoms with Gasteiger partial charge in [-0.1, -0.05) is 23.9 Å². The van der Waals surface area contributed by atoms with Crippen molar-refractivity contribution >= 4 is 50.6 Å². The topological polar surface area (TPSA) is 39.2 Å². The van der Waals surface area contributed by atoms with Gasteiger partial charge in [0.1, 0.15) is 4.88 Å². The SMILES string of the molecule is COC(=O)c1cc(CSc2nc3ccccc3s2)cs1. The fourth-order valence-electron chi connectivity index (χ4n) is 1.72. The molecule has 0 aliphatic heterocycles. The minimum atomic E-state index is -0.272. The number of carbonyl (C=O) groups is 1. The van der Waals surface area contributed by atoms with E-state index < -0.39 is 0 Å². The number of aromatic nitrogens is 1. The van der Waals surface area contributed by atoms with E-state index in [0.29, 0.717) is 4.88 Å². The first-order valence-corrected chi connectivity index (χ1v) is 8.58. The first-order valence-electron chi connectivity index (χ1n) is 5.90. The van der Waals surface area contributed by atoms with E-state index in [2.05, 4.69) is 11.1 Å². The van der Waals surface area contributed by atoms with Crippen molar-refractivity contribution in [3.63, 3.8) is 0 Å².